The summed E-state index contributed by atoms with van der Waals surface area (Å²) in [5.41, 5.74) is 0.775. The lowest BCUT2D eigenvalue weighted by Crippen LogP contribution is -2.26. The predicted molar refractivity (Wildman–Crippen MR) is 91.8 cm³/mol. The second-order valence-electron chi connectivity index (χ2n) is 5.76. The van der Waals surface area contributed by atoms with Crippen LogP contribution in [0.1, 0.15) is 19.3 Å². The summed E-state index contributed by atoms with van der Waals surface area (Å²) in [6.07, 6.45) is 2.47. The van der Waals surface area contributed by atoms with Gasteiger partial charge in [0, 0.05) is 31.6 Å². The first-order chi connectivity index (χ1) is 12.2. The van der Waals surface area contributed by atoms with Gasteiger partial charge in [-0.2, -0.15) is 4.98 Å². The summed E-state index contributed by atoms with van der Waals surface area (Å²) < 4.78 is 15.7. The third kappa shape index (κ3) is 4.01. The second-order valence-corrected chi connectivity index (χ2v) is 5.76. The number of hydrogen-bond acceptors (Lipinski definition) is 7. The molecule has 0 unspecified atom stereocenters. The molecule has 1 aromatic carbocycles. The van der Waals surface area contributed by atoms with E-state index in [4.69, 9.17) is 14.0 Å². The third-order valence-corrected chi connectivity index (χ3v) is 4.12. The Hall–Kier alpha value is -2.77. The molecule has 0 atom stereocenters. The molecule has 0 spiro atoms. The highest BCUT2D eigenvalue weighted by Crippen LogP contribution is 2.31. The van der Waals surface area contributed by atoms with Crippen LogP contribution in [0.25, 0.3) is 11.4 Å². The minimum absolute atomic E-state index is 0.244. The van der Waals surface area contributed by atoms with Crippen LogP contribution in [0.3, 0.4) is 0 Å². The highest BCUT2D eigenvalue weighted by Gasteiger charge is 2.19. The number of anilines is 1. The van der Waals surface area contributed by atoms with Crippen LogP contribution in [0.2, 0.25) is 0 Å². The Morgan fingerprint density at radius 1 is 1.28 bits per heavy atom. The first kappa shape index (κ1) is 17.1. The molecule has 3 rings (SSSR count). The van der Waals surface area contributed by atoms with E-state index in [0.29, 0.717) is 36.3 Å². The van der Waals surface area contributed by atoms with Gasteiger partial charge in [-0.05, 0) is 31.0 Å². The van der Waals surface area contributed by atoms with E-state index in [1.807, 2.05) is 11.0 Å². The Morgan fingerprint density at radius 3 is 2.84 bits per heavy atom. The topological polar surface area (TPSA) is 89.7 Å². The van der Waals surface area contributed by atoms with Crippen LogP contribution in [0.15, 0.2) is 22.7 Å². The maximum absolute atomic E-state index is 11.5. The van der Waals surface area contributed by atoms with Gasteiger partial charge in [-0.3, -0.25) is 4.79 Å². The molecule has 1 N–H and O–H groups in total. The molecule has 2 heterocycles. The normalized spacial score (nSPS) is 14.0. The van der Waals surface area contributed by atoms with Crippen molar-refractivity contribution < 1.29 is 18.8 Å². The van der Waals surface area contributed by atoms with Gasteiger partial charge in [-0.1, -0.05) is 5.16 Å². The third-order valence-electron chi connectivity index (χ3n) is 4.12. The van der Waals surface area contributed by atoms with Gasteiger partial charge in [0.05, 0.1) is 14.2 Å². The van der Waals surface area contributed by atoms with Crippen molar-refractivity contribution in [2.45, 2.75) is 19.3 Å². The molecule has 0 aliphatic carbocycles. The minimum atomic E-state index is 0.244. The van der Waals surface area contributed by atoms with Crippen molar-refractivity contribution in [2.24, 2.45) is 0 Å². The average Bonchev–Trinajstić information content (AvgIpc) is 3.27. The number of nitrogens with one attached hydrogen (secondary N) is 1. The molecule has 1 saturated heterocycles. The first-order valence-electron chi connectivity index (χ1n) is 8.29. The quantitative estimate of drug-likeness (QED) is 0.733. The van der Waals surface area contributed by atoms with Gasteiger partial charge < -0.3 is 24.2 Å². The van der Waals surface area contributed by atoms with Crippen LogP contribution in [0.4, 0.5) is 6.01 Å². The SMILES string of the molecule is COc1ccc(-c2noc(NCCCN3CCCC3=O)n2)cc1OC. The zero-order valence-corrected chi connectivity index (χ0v) is 14.4. The predicted octanol–water partition coefficient (Wildman–Crippen LogP) is 2.18. The van der Waals surface area contributed by atoms with Crippen LogP contribution in [0.5, 0.6) is 11.5 Å². The van der Waals surface area contributed by atoms with Gasteiger partial charge in [0.2, 0.25) is 11.7 Å². The van der Waals surface area contributed by atoms with Crippen LogP contribution in [-0.4, -0.2) is 54.8 Å². The molecule has 8 nitrogen and oxygen atoms in total. The number of likely N-dealkylation sites (tertiary alicyclic amines) is 1. The zero-order valence-electron chi connectivity index (χ0n) is 14.4. The van der Waals surface area contributed by atoms with E-state index in [1.165, 1.54) is 0 Å². The number of carbonyl (C=O) groups excluding carboxylic acids is 1. The van der Waals surface area contributed by atoms with E-state index in [9.17, 15) is 4.79 Å². The summed E-state index contributed by atoms with van der Waals surface area (Å²) in [5.74, 6) is 1.96. The Balaban J connectivity index is 1.54. The van der Waals surface area contributed by atoms with Crippen molar-refractivity contribution in [1.29, 1.82) is 0 Å². The minimum Gasteiger partial charge on any atom is -0.493 e. The largest absolute Gasteiger partial charge is 0.493 e. The zero-order chi connectivity index (χ0) is 17.6. The maximum atomic E-state index is 11.5. The van der Waals surface area contributed by atoms with Crippen molar-refractivity contribution >= 4 is 11.9 Å². The van der Waals surface area contributed by atoms with Crippen LogP contribution in [-0.2, 0) is 4.79 Å². The fourth-order valence-electron chi connectivity index (χ4n) is 2.79. The number of nitrogens with zero attached hydrogens (tertiary/aromatic N) is 3. The van der Waals surface area contributed by atoms with Gasteiger partial charge in [0.25, 0.3) is 0 Å². The molecule has 8 heteroatoms. The monoisotopic (exact) mass is 346 g/mol. The number of aromatic nitrogens is 2. The average molecular weight is 346 g/mol. The number of rotatable bonds is 8. The molecular weight excluding hydrogens is 324 g/mol. The van der Waals surface area contributed by atoms with Crippen molar-refractivity contribution in [3.8, 4) is 22.9 Å². The summed E-state index contributed by atoms with van der Waals surface area (Å²) in [6.45, 7) is 2.28. The van der Waals surface area contributed by atoms with Gasteiger partial charge in [0.1, 0.15) is 0 Å². The Bertz CT molecular complexity index is 731. The van der Waals surface area contributed by atoms with E-state index in [0.717, 1.165) is 31.5 Å². The highest BCUT2D eigenvalue weighted by atomic mass is 16.5. The summed E-state index contributed by atoms with van der Waals surface area (Å²) >= 11 is 0. The molecule has 134 valence electrons. The van der Waals surface area contributed by atoms with Gasteiger partial charge in [-0.15, -0.1) is 0 Å². The molecule has 1 aliphatic heterocycles. The Labute approximate surface area is 146 Å². The number of hydrogen-bond donors (Lipinski definition) is 1. The van der Waals surface area contributed by atoms with E-state index in [-0.39, 0.29) is 5.91 Å². The lowest BCUT2D eigenvalue weighted by Gasteiger charge is -2.14. The lowest BCUT2D eigenvalue weighted by atomic mass is 10.2. The summed E-state index contributed by atoms with van der Waals surface area (Å²) in [5, 5.41) is 7.07. The van der Waals surface area contributed by atoms with Crippen molar-refractivity contribution in [3.05, 3.63) is 18.2 Å². The highest BCUT2D eigenvalue weighted by molar-refractivity contribution is 5.78. The van der Waals surface area contributed by atoms with E-state index in [2.05, 4.69) is 15.5 Å². The van der Waals surface area contributed by atoms with Gasteiger partial charge >= 0.3 is 6.01 Å². The molecule has 1 aromatic heterocycles. The molecule has 2 aromatic rings. The van der Waals surface area contributed by atoms with Gasteiger partial charge in [-0.25, -0.2) is 0 Å². The summed E-state index contributed by atoms with van der Waals surface area (Å²) in [7, 11) is 3.17. The van der Waals surface area contributed by atoms with E-state index in [1.54, 1.807) is 26.4 Å². The number of methoxy groups -OCH3 is 2. The van der Waals surface area contributed by atoms with Crippen LogP contribution in [0, 0.1) is 0 Å². The van der Waals surface area contributed by atoms with Gasteiger partial charge in [0.15, 0.2) is 11.5 Å². The Kier molecular flexibility index (Phi) is 5.37. The standard InChI is InChI=1S/C17H22N4O4/c1-23-13-7-6-12(11-14(13)24-2)16-19-17(25-20-16)18-8-4-10-21-9-3-5-15(21)22/h6-7,11H,3-5,8-10H2,1-2H3,(H,18,19,20). The van der Waals surface area contributed by atoms with E-state index < -0.39 is 0 Å². The molecule has 0 saturated carbocycles. The number of carbonyl (C=O) groups is 1. The van der Waals surface area contributed by atoms with Crippen LogP contribution < -0.4 is 14.8 Å². The summed E-state index contributed by atoms with van der Waals surface area (Å²) in [4.78, 5) is 17.8. The fraction of sp³-hybridized carbons (Fsp3) is 0.471. The first-order valence-corrected chi connectivity index (χ1v) is 8.29. The van der Waals surface area contributed by atoms with Crippen molar-refractivity contribution in [2.75, 3.05) is 39.2 Å². The number of amides is 1. The molecule has 25 heavy (non-hydrogen) atoms. The molecule has 1 fully saturated rings. The van der Waals surface area contributed by atoms with Crippen molar-refractivity contribution in [3.63, 3.8) is 0 Å². The Morgan fingerprint density at radius 2 is 2.12 bits per heavy atom. The molecule has 0 radical (unpaired) electrons. The second kappa shape index (κ2) is 7.87. The lowest BCUT2D eigenvalue weighted by molar-refractivity contribution is -0.127. The molecule has 1 amide bonds. The maximum Gasteiger partial charge on any atom is 0.321 e. The fourth-order valence-corrected chi connectivity index (χ4v) is 2.79. The van der Waals surface area contributed by atoms with Crippen molar-refractivity contribution in [1.82, 2.24) is 15.0 Å². The van der Waals surface area contributed by atoms with Crippen LogP contribution >= 0.6 is 0 Å². The number of benzene rings is 1. The van der Waals surface area contributed by atoms with E-state index >= 15 is 0 Å². The summed E-state index contributed by atoms with van der Waals surface area (Å²) in [6, 6.07) is 5.80. The smallest absolute Gasteiger partial charge is 0.321 e. The number of ether oxygens (including phenoxy) is 2. The molecule has 1 aliphatic rings. The molecule has 0 bridgehead atoms. The molecular formula is C17H22N4O4.